The molecule has 1 fully saturated rings. The van der Waals surface area contributed by atoms with E-state index in [0.29, 0.717) is 23.9 Å². The number of nitrogens with zero attached hydrogens (tertiary/aromatic N) is 3. The minimum Gasteiger partial charge on any atom is -0.497 e. The highest BCUT2D eigenvalue weighted by atomic mass is 32.2. The third-order valence-electron chi connectivity index (χ3n) is 6.59. The monoisotopic (exact) mass is 530 g/mol. The number of sulfonamides is 1. The molecule has 1 N–H and O–H groups in total. The lowest BCUT2D eigenvalue weighted by Gasteiger charge is -2.21. The number of aromatic nitrogens is 3. The highest BCUT2D eigenvalue weighted by molar-refractivity contribution is 7.99. The van der Waals surface area contributed by atoms with Gasteiger partial charge in [0.05, 0.1) is 20.3 Å². The fourth-order valence-corrected chi connectivity index (χ4v) is 7.06. The molecule has 0 radical (unpaired) electrons. The van der Waals surface area contributed by atoms with E-state index < -0.39 is 16.1 Å². The van der Waals surface area contributed by atoms with Crippen molar-refractivity contribution in [2.45, 2.75) is 54.6 Å². The van der Waals surface area contributed by atoms with Gasteiger partial charge in [0.25, 0.3) is 0 Å². The number of benzene rings is 2. The van der Waals surface area contributed by atoms with Crippen LogP contribution in [0.15, 0.2) is 58.6 Å². The molecule has 1 saturated carbocycles. The van der Waals surface area contributed by atoms with Crippen molar-refractivity contribution in [3.63, 3.8) is 0 Å². The lowest BCUT2D eigenvalue weighted by atomic mass is 9.91. The van der Waals surface area contributed by atoms with Crippen LogP contribution in [0.1, 0.15) is 49.5 Å². The molecule has 36 heavy (non-hydrogen) atoms. The minimum atomic E-state index is -3.98. The van der Waals surface area contributed by atoms with Crippen LogP contribution < -0.4 is 14.2 Å². The molecule has 3 aromatic rings. The summed E-state index contributed by atoms with van der Waals surface area (Å²) in [7, 11) is 0.858. The molecule has 4 rings (SSSR count). The molecule has 10 heteroatoms. The number of hydrogen-bond acceptors (Lipinski definition) is 7. The number of methoxy groups -OCH3 is 2. The Labute approximate surface area is 217 Å². The highest BCUT2D eigenvalue weighted by Gasteiger charge is 2.29. The van der Waals surface area contributed by atoms with E-state index in [1.165, 1.54) is 52.4 Å². The lowest BCUT2D eigenvalue weighted by molar-refractivity contribution is 0.390. The molecular formula is C26H34N4O4S2. The van der Waals surface area contributed by atoms with Crippen molar-refractivity contribution in [2.24, 2.45) is 13.0 Å². The summed E-state index contributed by atoms with van der Waals surface area (Å²) in [5.41, 5.74) is 0.988. The third kappa shape index (κ3) is 6.41. The first-order valence-corrected chi connectivity index (χ1v) is 14.7. The highest BCUT2D eigenvalue weighted by Crippen LogP contribution is 2.32. The van der Waals surface area contributed by atoms with Crippen LogP contribution in [0, 0.1) is 5.92 Å². The molecule has 0 aliphatic heterocycles. The van der Waals surface area contributed by atoms with Crippen LogP contribution in [0.4, 0.5) is 0 Å². The molecule has 1 heterocycles. The Morgan fingerprint density at radius 3 is 2.50 bits per heavy atom. The quantitative estimate of drug-likeness (QED) is 0.357. The topological polar surface area (TPSA) is 95.3 Å². The maximum atomic E-state index is 13.6. The molecule has 2 aromatic carbocycles. The molecule has 8 nitrogen and oxygen atoms in total. The number of hydrogen-bond donors (Lipinski definition) is 1. The van der Waals surface area contributed by atoms with Crippen molar-refractivity contribution in [2.75, 3.05) is 20.0 Å². The molecule has 194 valence electrons. The first-order chi connectivity index (χ1) is 17.4. The molecule has 1 aromatic heterocycles. The maximum Gasteiger partial charge on any atom is 0.245 e. The second-order valence-electron chi connectivity index (χ2n) is 9.10. The zero-order chi connectivity index (χ0) is 25.5. The zero-order valence-electron chi connectivity index (χ0n) is 21.0. The number of rotatable bonds is 11. The average molecular weight is 531 g/mol. The molecule has 0 saturated heterocycles. The van der Waals surface area contributed by atoms with Gasteiger partial charge in [-0.3, -0.25) is 0 Å². The summed E-state index contributed by atoms with van der Waals surface area (Å²) in [6, 6.07) is 13.8. The van der Waals surface area contributed by atoms with Crippen LogP contribution >= 0.6 is 11.8 Å². The van der Waals surface area contributed by atoms with Crippen LogP contribution in [0.2, 0.25) is 0 Å². The van der Waals surface area contributed by atoms with Crippen molar-refractivity contribution in [1.82, 2.24) is 19.5 Å². The van der Waals surface area contributed by atoms with Crippen LogP contribution in [0.5, 0.6) is 11.5 Å². The first-order valence-electron chi connectivity index (χ1n) is 12.2. The van der Waals surface area contributed by atoms with Gasteiger partial charge >= 0.3 is 0 Å². The Morgan fingerprint density at radius 2 is 1.81 bits per heavy atom. The van der Waals surface area contributed by atoms with Crippen molar-refractivity contribution in [3.05, 3.63) is 59.9 Å². The van der Waals surface area contributed by atoms with E-state index in [1.807, 2.05) is 41.9 Å². The summed E-state index contributed by atoms with van der Waals surface area (Å²) in [6.45, 7) is 0. The third-order valence-corrected chi connectivity index (χ3v) is 9.34. The molecule has 1 aliphatic rings. The molecule has 1 atom stereocenters. The van der Waals surface area contributed by atoms with Crippen LogP contribution in [-0.2, 0) is 23.5 Å². The summed E-state index contributed by atoms with van der Waals surface area (Å²) in [5.74, 6) is 2.93. The Hall–Kier alpha value is -2.56. The smallest absolute Gasteiger partial charge is 0.245 e. The predicted octanol–water partition coefficient (Wildman–Crippen LogP) is 4.77. The van der Waals surface area contributed by atoms with Gasteiger partial charge in [-0.15, -0.1) is 10.2 Å². The fourth-order valence-electron chi connectivity index (χ4n) is 4.58. The molecule has 0 spiro atoms. The van der Waals surface area contributed by atoms with E-state index in [1.54, 1.807) is 23.9 Å². The zero-order valence-corrected chi connectivity index (χ0v) is 22.6. The average Bonchev–Trinajstić information content (AvgIpc) is 3.27. The molecule has 0 unspecified atom stereocenters. The summed E-state index contributed by atoms with van der Waals surface area (Å²) in [5, 5.41) is 9.66. The van der Waals surface area contributed by atoms with Gasteiger partial charge in [-0.05, 0) is 42.9 Å². The van der Waals surface area contributed by atoms with Crippen LogP contribution in [0.3, 0.4) is 0 Å². The number of thioether (sulfide) groups is 1. The van der Waals surface area contributed by atoms with E-state index in [9.17, 15) is 8.42 Å². The van der Waals surface area contributed by atoms with Crippen molar-refractivity contribution in [1.29, 1.82) is 0 Å². The second-order valence-corrected chi connectivity index (χ2v) is 11.8. The van der Waals surface area contributed by atoms with Gasteiger partial charge < -0.3 is 14.0 Å². The Kier molecular flexibility index (Phi) is 8.92. The summed E-state index contributed by atoms with van der Waals surface area (Å²) >= 11 is 1.70. The van der Waals surface area contributed by atoms with Crippen molar-refractivity contribution >= 4 is 21.8 Å². The summed E-state index contributed by atoms with van der Waals surface area (Å²) in [4.78, 5) is 0.0106. The molecule has 1 aliphatic carbocycles. The maximum absolute atomic E-state index is 13.6. The normalized spacial score (nSPS) is 15.5. The van der Waals surface area contributed by atoms with Gasteiger partial charge in [0.1, 0.15) is 16.4 Å². The van der Waals surface area contributed by atoms with Gasteiger partial charge in [-0.2, -0.15) is 4.72 Å². The van der Waals surface area contributed by atoms with Gasteiger partial charge in [0, 0.05) is 18.9 Å². The van der Waals surface area contributed by atoms with Crippen LogP contribution in [-0.4, -0.2) is 43.2 Å². The molecule has 0 amide bonds. The Balaban J connectivity index is 1.62. The Morgan fingerprint density at radius 1 is 1.06 bits per heavy atom. The van der Waals surface area contributed by atoms with Gasteiger partial charge in [0.2, 0.25) is 10.0 Å². The number of nitrogens with one attached hydrogen (secondary N) is 1. The van der Waals surface area contributed by atoms with Crippen LogP contribution in [0.25, 0.3) is 0 Å². The van der Waals surface area contributed by atoms with Gasteiger partial charge in [-0.1, -0.05) is 61.4 Å². The largest absolute Gasteiger partial charge is 0.497 e. The van der Waals surface area contributed by atoms with Crippen molar-refractivity contribution in [3.8, 4) is 11.5 Å². The SMILES string of the molecule is COc1ccc(OC)c(S(=O)(=O)N[C@@H](Cc2ccccc2)c2nnc(SCC3CCCCC3)n2C)c1. The van der Waals surface area contributed by atoms with Crippen molar-refractivity contribution < 1.29 is 17.9 Å². The van der Waals surface area contributed by atoms with E-state index in [0.717, 1.165) is 16.5 Å². The number of ether oxygens (including phenoxy) is 2. The van der Waals surface area contributed by atoms with E-state index in [4.69, 9.17) is 9.47 Å². The predicted molar refractivity (Wildman–Crippen MR) is 141 cm³/mol. The van der Waals surface area contributed by atoms with Gasteiger partial charge in [-0.25, -0.2) is 8.42 Å². The fraction of sp³-hybridized carbons (Fsp3) is 0.462. The summed E-state index contributed by atoms with van der Waals surface area (Å²) in [6.07, 6.45) is 6.86. The second kappa shape index (κ2) is 12.1. The van der Waals surface area contributed by atoms with Gasteiger partial charge in [0.15, 0.2) is 11.0 Å². The summed E-state index contributed by atoms with van der Waals surface area (Å²) < 4.78 is 42.6. The first kappa shape index (κ1) is 26.5. The van der Waals surface area contributed by atoms with E-state index in [-0.39, 0.29) is 10.6 Å². The minimum absolute atomic E-state index is 0.0106. The Bertz CT molecular complexity index is 1240. The molecule has 0 bridgehead atoms. The standard InChI is InChI=1S/C26H34N4O4S2/c1-30-25(27-28-26(30)35-18-20-12-8-5-9-13-20)22(16-19-10-6-4-7-11-19)29-36(31,32)24-17-21(33-2)14-15-23(24)34-3/h4,6-7,10-11,14-15,17,20,22,29H,5,8-9,12-13,16,18H2,1-3H3/t22-/m0/s1. The van der Waals surface area contributed by atoms with E-state index in [2.05, 4.69) is 14.9 Å². The lowest BCUT2D eigenvalue weighted by Crippen LogP contribution is -2.32. The van der Waals surface area contributed by atoms with E-state index >= 15 is 0 Å². The molecular weight excluding hydrogens is 496 g/mol.